The number of fused-ring (bicyclic) bond motifs is 1. The Hall–Kier alpha value is -3.10. The molecule has 0 spiro atoms. The van der Waals surface area contributed by atoms with Crippen LogP contribution in [0, 0.1) is 0 Å². The number of H-pyrrole nitrogens is 4. The van der Waals surface area contributed by atoms with Crippen LogP contribution in [0.15, 0.2) is 37.2 Å². The van der Waals surface area contributed by atoms with Crippen LogP contribution in [0.1, 0.15) is 10.6 Å². The highest BCUT2D eigenvalue weighted by Gasteiger charge is 2.02. The molecule has 3 aromatic heterocycles. The summed E-state index contributed by atoms with van der Waals surface area (Å²) in [5, 5.41) is 0. The lowest BCUT2D eigenvalue weighted by atomic mass is 10.5. The van der Waals surface area contributed by atoms with Crippen LogP contribution in [-0.2, 0) is 0 Å². The molecule has 0 bridgehead atoms. The first-order valence-electron chi connectivity index (χ1n) is 5.03. The molecule has 0 atom stereocenters. The molecule has 0 saturated heterocycles. The van der Waals surface area contributed by atoms with E-state index in [2.05, 4.69) is 19.4 Å². The van der Waals surface area contributed by atoms with Crippen molar-refractivity contribution >= 4 is 17.5 Å². The number of carbonyl (C=O) groups excluding carboxylic acids is 1. The largest absolute Gasteiger partial charge is 0.462 e. The van der Waals surface area contributed by atoms with Gasteiger partial charge in [0, 0.05) is 0 Å². The van der Waals surface area contributed by atoms with Gasteiger partial charge in [-0.15, -0.1) is 0 Å². The Bertz CT molecular complexity index is 848. The number of aromatic nitrogens is 4. The first-order valence-corrected chi connectivity index (χ1v) is 5.03. The van der Waals surface area contributed by atoms with Gasteiger partial charge in [0.05, 0.1) is 6.26 Å². The molecule has 0 fully saturated rings. The van der Waals surface area contributed by atoms with Gasteiger partial charge in [0.25, 0.3) is 5.56 Å². The number of nitrogens with one attached hydrogen (secondary N) is 4. The van der Waals surface area contributed by atoms with Crippen molar-refractivity contribution in [2.24, 2.45) is 0 Å². The van der Waals surface area contributed by atoms with Crippen LogP contribution < -0.4 is 16.9 Å². The van der Waals surface area contributed by atoms with Gasteiger partial charge in [-0.25, -0.2) is 9.59 Å². The minimum absolute atomic E-state index is 0.0413. The minimum Gasteiger partial charge on any atom is -0.462 e. The van der Waals surface area contributed by atoms with Crippen LogP contribution in [-0.4, -0.2) is 26.2 Å². The second-order valence-corrected chi connectivity index (χ2v) is 3.37. The smallest absolute Gasteiger partial charge is 0.327 e. The fraction of sp³-hybridized carbons (Fsp3) is 0. The summed E-state index contributed by atoms with van der Waals surface area (Å²) in [5.41, 5.74) is -1.65. The molecular formula is C10H8N4O5. The zero-order valence-corrected chi connectivity index (χ0v) is 9.35. The Labute approximate surface area is 103 Å². The predicted molar refractivity (Wildman–Crippen MR) is 64.3 cm³/mol. The number of carbonyl (C=O) groups is 1. The van der Waals surface area contributed by atoms with E-state index in [1.165, 1.54) is 6.26 Å². The molecule has 19 heavy (non-hydrogen) atoms. The summed E-state index contributed by atoms with van der Waals surface area (Å²) >= 11 is 0. The summed E-state index contributed by atoms with van der Waals surface area (Å²) in [5.74, 6) is 0.375. The van der Waals surface area contributed by atoms with E-state index >= 15 is 0 Å². The standard InChI is InChI=1S/C5H4N4O3.C5H4O2/c10-3-1-2(7-4(11)6-1)8-5(12)9-3;6-4-5-2-1-3-7-5/h(H4,6,7,8,9,10,11,12);1-4H. The molecule has 0 radical (unpaired) electrons. The number of imidazole rings is 1. The Morgan fingerprint density at radius 3 is 2.21 bits per heavy atom. The zero-order chi connectivity index (χ0) is 13.8. The molecule has 3 heterocycles. The van der Waals surface area contributed by atoms with E-state index in [9.17, 15) is 19.2 Å². The van der Waals surface area contributed by atoms with E-state index in [4.69, 9.17) is 0 Å². The van der Waals surface area contributed by atoms with Gasteiger partial charge in [0.2, 0.25) is 0 Å². The summed E-state index contributed by atoms with van der Waals surface area (Å²) in [6, 6.07) is 3.27. The van der Waals surface area contributed by atoms with E-state index in [0.29, 0.717) is 12.0 Å². The van der Waals surface area contributed by atoms with Gasteiger partial charge >= 0.3 is 11.4 Å². The van der Waals surface area contributed by atoms with Crippen LogP contribution in [0.2, 0.25) is 0 Å². The molecule has 0 unspecified atom stereocenters. The van der Waals surface area contributed by atoms with Crippen LogP contribution in [0.3, 0.4) is 0 Å². The molecule has 3 rings (SSSR count). The first kappa shape index (κ1) is 12.4. The zero-order valence-electron chi connectivity index (χ0n) is 9.35. The number of aldehydes is 1. The molecule has 0 aromatic carbocycles. The van der Waals surface area contributed by atoms with Gasteiger partial charge in [-0.1, -0.05) is 0 Å². The monoisotopic (exact) mass is 264 g/mol. The summed E-state index contributed by atoms with van der Waals surface area (Å²) < 4.78 is 4.61. The van der Waals surface area contributed by atoms with Crippen molar-refractivity contribution in [3.05, 3.63) is 55.5 Å². The summed E-state index contributed by atoms with van der Waals surface area (Å²) in [4.78, 5) is 50.8. The lowest BCUT2D eigenvalue weighted by Crippen LogP contribution is -2.21. The summed E-state index contributed by atoms with van der Waals surface area (Å²) in [6.07, 6.45) is 2.13. The van der Waals surface area contributed by atoms with E-state index in [0.717, 1.165) is 0 Å². The maximum Gasteiger partial charge on any atom is 0.327 e. The van der Waals surface area contributed by atoms with Gasteiger partial charge < -0.3 is 4.42 Å². The minimum atomic E-state index is -0.650. The Kier molecular flexibility index (Phi) is 3.28. The molecule has 9 nitrogen and oxygen atoms in total. The van der Waals surface area contributed by atoms with Crippen molar-refractivity contribution in [2.75, 3.05) is 0 Å². The lowest BCUT2D eigenvalue weighted by molar-refractivity contribution is 0.110. The van der Waals surface area contributed by atoms with Gasteiger partial charge in [-0.3, -0.25) is 29.5 Å². The van der Waals surface area contributed by atoms with E-state index in [1.54, 1.807) is 12.1 Å². The molecule has 4 N–H and O–H groups in total. The number of rotatable bonds is 1. The third-order valence-corrected chi connectivity index (χ3v) is 2.08. The van der Waals surface area contributed by atoms with Crippen molar-refractivity contribution in [3.63, 3.8) is 0 Å². The number of aromatic amines is 4. The van der Waals surface area contributed by atoms with Crippen LogP contribution in [0.25, 0.3) is 11.2 Å². The molecular weight excluding hydrogens is 256 g/mol. The number of hydrogen-bond acceptors (Lipinski definition) is 5. The maximum absolute atomic E-state index is 10.9. The third-order valence-electron chi connectivity index (χ3n) is 2.08. The van der Waals surface area contributed by atoms with E-state index in [-0.39, 0.29) is 11.2 Å². The van der Waals surface area contributed by atoms with Crippen molar-refractivity contribution in [1.82, 2.24) is 19.9 Å². The van der Waals surface area contributed by atoms with Crippen molar-refractivity contribution < 1.29 is 9.21 Å². The quantitative estimate of drug-likeness (QED) is 0.430. The first-order chi connectivity index (χ1) is 9.10. The molecule has 3 aromatic rings. The molecule has 98 valence electrons. The average Bonchev–Trinajstić information content (AvgIpc) is 2.98. The molecule has 0 aliphatic carbocycles. The van der Waals surface area contributed by atoms with Crippen LogP contribution >= 0.6 is 0 Å². The van der Waals surface area contributed by atoms with Gasteiger partial charge in [0.1, 0.15) is 11.2 Å². The number of furan rings is 1. The molecule has 0 amide bonds. The molecule has 0 aliphatic rings. The Morgan fingerprint density at radius 1 is 1.00 bits per heavy atom. The maximum atomic E-state index is 10.9. The van der Waals surface area contributed by atoms with Crippen LogP contribution in [0.4, 0.5) is 0 Å². The second-order valence-electron chi connectivity index (χ2n) is 3.37. The highest BCUT2D eigenvalue weighted by atomic mass is 16.3. The Balaban J connectivity index is 0.000000163. The van der Waals surface area contributed by atoms with Gasteiger partial charge in [0.15, 0.2) is 12.0 Å². The van der Waals surface area contributed by atoms with Crippen molar-refractivity contribution in [1.29, 1.82) is 0 Å². The van der Waals surface area contributed by atoms with E-state index < -0.39 is 16.9 Å². The SMILES string of the molecule is O=Cc1ccco1.O=c1[nH]c(=O)c2[nH]c(=O)[nH]c2[nH]1. The molecule has 0 saturated carbocycles. The fourth-order valence-corrected chi connectivity index (χ4v) is 1.32. The van der Waals surface area contributed by atoms with Crippen LogP contribution in [0.5, 0.6) is 0 Å². The summed E-state index contributed by atoms with van der Waals surface area (Å²) in [7, 11) is 0. The average molecular weight is 264 g/mol. The predicted octanol–water partition coefficient (Wildman–Crippen LogP) is -0.675. The molecule has 9 heteroatoms. The van der Waals surface area contributed by atoms with Gasteiger partial charge in [-0.2, -0.15) is 0 Å². The van der Waals surface area contributed by atoms with E-state index in [1.807, 2.05) is 4.98 Å². The highest BCUT2D eigenvalue weighted by Crippen LogP contribution is 1.92. The second kappa shape index (κ2) is 5.04. The fourth-order valence-electron chi connectivity index (χ4n) is 1.32. The number of hydrogen-bond donors (Lipinski definition) is 4. The molecule has 0 aliphatic heterocycles. The topological polar surface area (TPSA) is 145 Å². The van der Waals surface area contributed by atoms with Gasteiger partial charge in [-0.05, 0) is 12.1 Å². The third kappa shape index (κ3) is 2.77. The van der Waals surface area contributed by atoms with Crippen molar-refractivity contribution in [2.45, 2.75) is 0 Å². The lowest BCUT2D eigenvalue weighted by Gasteiger charge is -1.83. The van der Waals surface area contributed by atoms with Crippen molar-refractivity contribution in [3.8, 4) is 0 Å². The summed E-state index contributed by atoms with van der Waals surface area (Å²) in [6.45, 7) is 0. The highest BCUT2D eigenvalue weighted by molar-refractivity contribution is 5.70. The Morgan fingerprint density at radius 2 is 1.68 bits per heavy atom. The normalized spacial score (nSPS) is 9.89.